The summed E-state index contributed by atoms with van der Waals surface area (Å²) in [6.07, 6.45) is 0. The van der Waals surface area contributed by atoms with E-state index in [1.165, 1.54) is 11.3 Å². The number of benzene rings is 1. The van der Waals surface area contributed by atoms with Gasteiger partial charge < -0.3 is 0 Å². The van der Waals surface area contributed by atoms with Gasteiger partial charge >= 0.3 is 0 Å². The molecule has 1 aliphatic heterocycles. The Bertz CT molecular complexity index is 294. The molecule has 1 aliphatic rings. The van der Waals surface area contributed by atoms with Gasteiger partial charge in [-0.25, -0.2) is 0 Å². The molecule has 2 heteroatoms. The summed E-state index contributed by atoms with van der Waals surface area (Å²) in [5, 5.41) is 0.690. The monoisotopic (exact) mass is 210 g/mol. The predicted octanol–water partition coefficient (Wildman–Crippen LogP) is 4.28. The first-order valence-corrected chi connectivity index (χ1v) is 7.03. The average Bonchev–Trinajstić information content (AvgIpc) is 2.17. The molecule has 0 amide bonds. The van der Waals surface area contributed by atoms with E-state index >= 15 is 0 Å². The Labute approximate surface area is 87.9 Å². The molecule has 0 spiro atoms. The predicted molar refractivity (Wildman–Crippen MR) is 62.9 cm³/mol. The molecule has 0 saturated heterocycles. The minimum atomic E-state index is 0.690. The van der Waals surface area contributed by atoms with Crippen LogP contribution >= 0.6 is 21.6 Å². The Morgan fingerprint density at radius 1 is 1.31 bits per heavy atom. The van der Waals surface area contributed by atoms with E-state index in [1.54, 1.807) is 5.56 Å². The van der Waals surface area contributed by atoms with Crippen molar-refractivity contribution in [2.24, 2.45) is 5.92 Å². The zero-order valence-electron chi connectivity index (χ0n) is 7.99. The molecule has 1 unspecified atom stereocenters. The topological polar surface area (TPSA) is 0 Å². The Kier molecular flexibility index (Phi) is 2.89. The fourth-order valence-electron chi connectivity index (χ4n) is 1.64. The molecule has 1 heterocycles. The summed E-state index contributed by atoms with van der Waals surface area (Å²) >= 11 is 0. The molecule has 0 aliphatic carbocycles. The normalized spacial score (nSPS) is 21.6. The van der Waals surface area contributed by atoms with Crippen LogP contribution in [0.25, 0.3) is 0 Å². The molecule has 0 radical (unpaired) electrons. The highest BCUT2D eigenvalue weighted by atomic mass is 33.1. The Hall–Kier alpha value is -0.0800. The van der Waals surface area contributed by atoms with Crippen molar-refractivity contribution in [2.75, 3.05) is 0 Å². The Morgan fingerprint density at radius 3 is 2.85 bits per heavy atom. The molecule has 1 aromatic rings. The first-order valence-electron chi connectivity index (χ1n) is 4.65. The maximum absolute atomic E-state index is 2.31. The lowest BCUT2D eigenvalue weighted by Crippen LogP contribution is -2.07. The molecular formula is C11H14S2. The van der Waals surface area contributed by atoms with Crippen LogP contribution in [0.2, 0.25) is 0 Å². The van der Waals surface area contributed by atoms with Crippen molar-refractivity contribution in [3.63, 3.8) is 0 Å². The highest BCUT2D eigenvalue weighted by molar-refractivity contribution is 8.76. The maximum atomic E-state index is 2.31. The summed E-state index contributed by atoms with van der Waals surface area (Å²) in [6, 6.07) is 8.85. The van der Waals surface area contributed by atoms with E-state index in [9.17, 15) is 0 Å². The first-order chi connectivity index (χ1) is 6.29. The molecule has 0 bridgehead atoms. The van der Waals surface area contributed by atoms with Crippen LogP contribution in [0.4, 0.5) is 0 Å². The van der Waals surface area contributed by atoms with Crippen LogP contribution in [0.1, 0.15) is 30.2 Å². The van der Waals surface area contributed by atoms with Crippen molar-refractivity contribution < 1.29 is 0 Å². The van der Waals surface area contributed by atoms with E-state index in [0.717, 1.165) is 5.92 Å². The summed E-state index contributed by atoms with van der Waals surface area (Å²) in [7, 11) is 4.02. The second-order valence-corrected chi connectivity index (χ2v) is 6.23. The minimum Gasteiger partial charge on any atom is -0.0887 e. The standard InChI is InChI=1S/C11H14S2/c1-8(2)11-10-6-4-3-5-9(10)7-12-13-11/h3-6,8,11H,7H2,1-2H3. The van der Waals surface area contributed by atoms with Crippen LogP contribution in [0.3, 0.4) is 0 Å². The lowest BCUT2D eigenvalue weighted by atomic mass is 9.98. The lowest BCUT2D eigenvalue weighted by molar-refractivity contribution is 0.631. The number of hydrogen-bond acceptors (Lipinski definition) is 2. The highest BCUT2D eigenvalue weighted by Gasteiger charge is 2.23. The SMILES string of the molecule is CC(C)C1SSCc2ccccc21. The number of rotatable bonds is 1. The fourth-order valence-corrected chi connectivity index (χ4v) is 4.80. The van der Waals surface area contributed by atoms with Gasteiger partial charge in [-0.05, 0) is 17.0 Å². The van der Waals surface area contributed by atoms with Crippen molar-refractivity contribution in [1.29, 1.82) is 0 Å². The van der Waals surface area contributed by atoms with E-state index in [-0.39, 0.29) is 0 Å². The Balaban J connectivity index is 2.37. The Morgan fingerprint density at radius 2 is 2.08 bits per heavy atom. The highest BCUT2D eigenvalue weighted by Crippen LogP contribution is 2.49. The molecule has 0 saturated carbocycles. The third-order valence-corrected chi connectivity index (χ3v) is 5.31. The zero-order valence-corrected chi connectivity index (χ0v) is 9.62. The number of hydrogen-bond donors (Lipinski definition) is 0. The molecule has 0 nitrogen and oxygen atoms in total. The second-order valence-electron chi connectivity index (χ2n) is 3.72. The van der Waals surface area contributed by atoms with Crippen LogP contribution in [0, 0.1) is 5.92 Å². The summed E-state index contributed by atoms with van der Waals surface area (Å²) in [6.45, 7) is 4.61. The van der Waals surface area contributed by atoms with Gasteiger partial charge in [0.15, 0.2) is 0 Å². The third-order valence-electron chi connectivity index (χ3n) is 2.35. The first kappa shape index (κ1) is 9.47. The van der Waals surface area contributed by atoms with Crippen LogP contribution < -0.4 is 0 Å². The van der Waals surface area contributed by atoms with Gasteiger partial charge in [0.25, 0.3) is 0 Å². The molecule has 0 fully saturated rings. The quantitative estimate of drug-likeness (QED) is 0.635. The van der Waals surface area contributed by atoms with Gasteiger partial charge in [0.1, 0.15) is 0 Å². The zero-order chi connectivity index (χ0) is 9.26. The second kappa shape index (κ2) is 3.97. The van der Waals surface area contributed by atoms with Gasteiger partial charge in [-0.1, -0.05) is 59.7 Å². The summed E-state index contributed by atoms with van der Waals surface area (Å²) in [5.41, 5.74) is 3.09. The van der Waals surface area contributed by atoms with Gasteiger partial charge in [-0.2, -0.15) is 0 Å². The van der Waals surface area contributed by atoms with Gasteiger partial charge in [0.05, 0.1) is 0 Å². The lowest BCUT2D eigenvalue weighted by Gasteiger charge is -2.26. The molecule has 70 valence electrons. The van der Waals surface area contributed by atoms with E-state index in [1.807, 2.05) is 21.6 Å². The van der Waals surface area contributed by atoms with Gasteiger partial charge in [0, 0.05) is 11.0 Å². The molecule has 0 N–H and O–H groups in total. The van der Waals surface area contributed by atoms with E-state index in [4.69, 9.17) is 0 Å². The van der Waals surface area contributed by atoms with Crippen molar-refractivity contribution >= 4 is 21.6 Å². The summed E-state index contributed by atoms with van der Waals surface area (Å²) in [4.78, 5) is 0. The van der Waals surface area contributed by atoms with Crippen LogP contribution in [0.5, 0.6) is 0 Å². The fraction of sp³-hybridized carbons (Fsp3) is 0.455. The molecule has 13 heavy (non-hydrogen) atoms. The van der Waals surface area contributed by atoms with Crippen molar-refractivity contribution in [3.05, 3.63) is 35.4 Å². The van der Waals surface area contributed by atoms with Crippen LogP contribution in [-0.4, -0.2) is 0 Å². The van der Waals surface area contributed by atoms with Crippen molar-refractivity contribution in [2.45, 2.75) is 24.9 Å². The van der Waals surface area contributed by atoms with Gasteiger partial charge in [-0.15, -0.1) is 0 Å². The van der Waals surface area contributed by atoms with Crippen molar-refractivity contribution in [1.82, 2.24) is 0 Å². The van der Waals surface area contributed by atoms with E-state index < -0.39 is 0 Å². The van der Waals surface area contributed by atoms with Crippen molar-refractivity contribution in [3.8, 4) is 0 Å². The van der Waals surface area contributed by atoms with Crippen LogP contribution in [0.15, 0.2) is 24.3 Å². The summed E-state index contributed by atoms with van der Waals surface area (Å²) in [5.74, 6) is 1.91. The van der Waals surface area contributed by atoms with Gasteiger partial charge in [0.2, 0.25) is 0 Å². The minimum absolute atomic E-state index is 0.690. The summed E-state index contributed by atoms with van der Waals surface area (Å²) < 4.78 is 0. The molecule has 2 rings (SSSR count). The molecular weight excluding hydrogens is 196 g/mol. The number of fused-ring (bicyclic) bond motifs is 1. The largest absolute Gasteiger partial charge is 0.0887 e. The van der Waals surface area contributed by atoms with Crippen LogP contribution in [-0.2, 0) is 5.75 Å². The smallest absolute Gasteiger partial charge is 0.0427 e. The molecule has 1 aromatic carbocycles. The molecule has 1 atom stereocenters. The van der Waals surface area contributed by atoms with E-state index in [0.29, 0.717) is 5.25 Å². The molecule has 0 aromatic heterocycles. The van der Waals surface area contributed by atoms with Gasteiger partial charge in [-0.3, -0.25) is 0 Å². The third kappa shape index (κ3) is 1.89. The van der Waals surface area contributed by atoms with E-state index in [2.05, 4.69) is 38.1 Å². The average molecular weight is 210 g/mol. The maximum Gasteiger partial charge on any atom is 0.0427 e.